The average Bonchev–Trinajstić information content (AvgIpc) is 3.01. The second-order valence-corrected chi connectivity index (χ2v) is 5.39. The van der Waals surface area contributed by atoms with Crippen molar-refractivity contribution in [3.8, 4) is 0 Å². The van der Waals surface area contributed by atoms with Gasteiger partial charge in [0.25, 0.3) is 0 Å². The van der Waals surface area contributed by atoms with E-state index >= 15 is 0 Å². The van der Waals surface area contributed by atoms with Gasteiger partial charge in [-0.15, -0.1) is 0 Å². The maximum Gasteiger partial charge on any atom is 0.191 e. The van der Waals surface area contributed by atoms with Crippen LogP contribution in [0.25, 0.3) is 0 Å². The zero-order chi connectivity index (χ0) is 12.4. The third kappa shape index (κ3) is 2.22. The van der Waals surface area contributed by atoms with E-state index < -0.39 is 0 Å². The van der Waals surface area contributed by atoms with Crippen LogP contribution in [0.1, 0.15) is 31.2 Å². The van der Waals surface area contributed by atoms with Gasteiger partial charge in [-0.25, -0.2) is 0 Å². The third-order valence-corrected chi connectivity index (χ3v) is 4.15. The minimum Gasteiger partial charge on any atom is -0.370 e. The van der Waals surface area contributed by atoms with Gasteiger partial charge in [0.15, 0.2) is 5.96 Å². The van der Waals surface area contributed by atoms with Gasteiger partial charge in [-0.3, -0.25) is 4.99 Å². The predicted octanol–water partition coefficient (Wildman–Crippen LogP) is 2.17. The lowest BCUT2D eigenvalue weighted by Crippen LogP contribution is -2.47. The van der Waals surface area contributed by atoms with Crippen LogP contribution >= 0.6 is 0 Å². The van der Waals surface area contributed by atoms with E-state index in [4.69, 9.17) is 5.73 Å². The van der Waals surface area contributed by atoms with Crippen LogP contribution < -0.4 is 5.73 Å². The summed E-state index contributed by atoms with van der Waals surface area (Å²) in [7, 11) is 0. The molecule has 3 heteroatoms. The van der Waals surface area contributed by atoms with Crippen LogP contribution in [0.5, 0.6) is 0 Å². The molecule has 0 aromatic heterocycles. The molecule has 1 fully saturated rings. The molecule has 1 unspecified atom stereocenters. The predicted molar refractivity (Wildman–Crippen MR) is 74.5 cm³/mol. The molecular formula is C15H21N3. The molecule has 0 bridgehead atoms. The van der Waals surface area contributed by atoms with E-state index in [9.17, 15) is 0 Å². The fourth-order valence-corrected chi connectivity index (χ4v) is 3.27. The molecular weight excluding hydrogens is 222 g/mol. The Morgan fingerprint density at radius 2 is 1.89 bits per heavy atom. The van der Waals surface area contributed by atoms with Crippen molar-refractivity contribution >= 4 is 5.96 Å². The van der Waals surface area contributed by atoms with Crippen molar-refractivity contribution in [1.29, 1.82) is 0 Å². The zero-order valence-corrected chi connectivity index (χ0v) is 10.8. The summed E-state index contributed by atoms with van der Waals surface area (Å²) in [5, 5.41) is 0. The minimum absolute atomic E-state index is 0.468. The van der Waals surface area contributed by atoms with Crippen molar-refractivity contribution in [2.75, 3.05) is 6.54 Å². The van der Waals surface area contributed by atoms with Crippen molar-refractivity contribution < 1.29 is 0 Å². The van der Waals surface area contributed by atoms with Crippen LogP contribution in [0.2, 0.25) is 0 Å². The molecule has 1 aromatic rings. The van der Waals surface area contributed by atoms with Gasteiger partial charge < -0.3 is 10.6 Å². The van der Waals surface area contributed by atoms with Gasteiger partial charge in [0.2, 0.25) is 0 Å². The molecule has 0 radical (unpaired) electrons. The quantitative estimate of drug-likeness (QED) is 0.884. The van der Waals surface area contributed by atoms with E-state index in [0.29, 0.717) is 12.1 Å². The molecule has 1 aliphatic heterocycles. The van der Waals surface area contributed by atoms with Crippen molar-refractivity contribution in [2.24, 2.45) is 10.7 Å². The van der Waals surface area contributed by atoms with Gasteiger partial charge in [0, 0.05) is 6.04 Å². The maximum absolute atomic E-state index is 6.08. The first-order valence-electron chi connectivity index (χ1n) is 6.97. The lowest BCUT2D eigenvalue weighted by atomic mass is 10.0. The summed E-state index contributed by atoms with van der Waals surface area (Å²) in [6, 6.07) is 11.8. The summed E-state index contributed by atoms with van der Waals surface area (Å²) in [4.78, 5) is 6.85. The van der Waals surface area contributed by atoms with Gasteiger partial charge in [0.1, 0.15) is 0 Å². The van der Waals surface area contributed by atoms with E-state index in [1.165, 1.54) is 31.2 Å². The number of aliphatic imine (C=N–C) groups is 1. The molecule has 1 aliphatic carbocycles. The maximum atomic E-state index is 6.08. The number of nitrogens with zero attached hydrogens (tertiary/aromatic N) is 2. The number of hydrogen-bond acceptors (Lipinski definition) is 3. The molecule has 1 saturated carbocycles. The SMILES string of the molecule is NC1=NCC(Cc2ccccc2)N1C1CCCC1. The largest absolute Gasteiger partial charge is 0.370 e. The number of benzene rings is 1. The number of hydrogen-bond donors (Lipinski definition) is 1. The Bertz CT molecular complexity index is 421. The van der Waals surface area contributed by atoms with Crippen LogP contribution in [0.3, 0.4) is 0 Å². The summed E-state index contributed by atoms with van der Waals surface area (Å²) >= 11 is 0. The smallest absolute Gasteiger partial charge is 0.191 e. The van der Waals surface area contributed by atoms with E-state index in [1.807, 2.05) is 0 Å². The molecule has 3 nitrogen and oxygen atoms in total. The Hall–Kier alpha value is -1.51. The van der Waals surface area contributed by atoms with Crippen molar-refractivity contribution in [3.05, 3.63) is 35.9 Å². The van der Waals surface area contributed by atoms with Crippen LogP contribution in [0.4, 0.5) is 0 Å². The Morgan fingerprint density at radius 3 is 2.61 bits per heavy atom. The molecule has 1 heterocycles. The molecule has 1 atom stereocenters. The van der Waals surface area contributed by atoms with Gasteiger partial charge in [-0.2, -0.15) is 0 Å². The summed E-state index contributed by atoms with van der Waals surface area (Å²) in [5.74, 6) is 0.767. The van der Waals surface area contributed by atoms with E-state index in [2.05, 4.69) is 40.2 Å². The molecule has 2 N–H and O–H groups in total. The van der Waals surface area contributed by atoms with Crippen LogP contribution in [-0.2, 0) is 6.42 Å². The van der Waals surface area contributed by atoms with E-state index in [1.54, 1.807) is 0 Å². The van der Waals surface area contributed by atoms with Crippen molar-refractivity contribution in [2.45, 2.75) is 44.2 Å². The molecule has 3 rings (SSSR count). The Labute approximate surface area is 109 Å². The number of guanidine groups is 1. The van der Waals surface area contributed by atoms with Crippen LogP contribution in [0.15, 0.2) is 35.3 Å². The Kier molecular flexibility index (Phi) is 3.22. The lowest BCUT2D eigenvalue weighted by Gasteiger charge is -2.32. The monoisotopic (exact) mass is 243 g/mol. The minimum atomic E-state index is 0.468. The summed E-state index contributed by atoms with van der Waals surface area (Å²) in [5.41, 5.74) is 7.46. The van der Waals surface area contributed by atoms with Gasteiger partial charge in [0.05, 0.1) is 12.6 Å². The van der Waals surface area contributed by atoms with Gasteiger partial charge in [-0.05, 0) is 24.8 Å². The highest BCUT2D eigenvalue weighted by Gasteiger charge is 2.33. The van der Waals surface area contributed by atoms with Crippen molar-refractivity contribution in [3.63, 3.8) is 0 Å². The molecule has 2 aliphatic rings. The average molecular weight is 243 g/mol. The standard InChI is InChI=1S/C15H21N3/c16-15-17-11-14(10-12-6-2-1-3-7-12)18(15)13-8-4-5-9-13/h1-3,6-7,13-14H,4-5,8-11H2,(H2,16,17). The van der Waals surface area contributed by atoms with Gasteiger partial charge >= 0.3 is 0 Å². The topological polar surface area (TPSA) is 41.6 Å². The second-order valence-electron chi connectivity index (χ2n) is 5.39. The third-order valence-electron chi connectivity index (χ3n) is 4.15. The first kappa shape index (κ1) is 11.6. The first-order valence-corrected chi connectivity index (χ1v) is 6.97. The summed E-state index contributed by atoms with van der Waals surface area (Å²) in [6.45, 7) is 0.858. The van der Waals surface area contributed by atoms with E-state index in [0.717, 1.165) is 18.9 Å². The number of nitrogens with two attached hydrogens (primary N) is 1. The molecule has 1 aromatic carbocycles. The molecule has 0 spiro atoms. The highest BCUT2D eigenvalue weighted by Crippen LogP contribution is 2.28. The highest BCUT2D eigenvalue weighted by atomic mass is 15.3. The normalized spacial score (nSPS) is 24.6. The number of rotatable bonds is 3. The molecule has 96 valence electrons. The second kappa shape index (κ2) is 5.01. The van der Waals surface area contributed by atoms with Crippen LogP contribution in [0, 0.1) is 0 Å². The first-order chi connectivity index (χ1) is 8.84. The Balaban J connectivity index is 1.72. The molecule has 18 heavy (non-hydrogen) atoms. The highest BCUT2D eigenvalue weighted by molar-refractivity contribution is 5.80. The van der Waals surface area contributed by atoms with Crippen LogP contribution in [-0.4, -0.2) is 29.5 Å². The van der Waals surface area contributed by atoms with Crippen molar-refractivity contribution in [1.82, 2.24) is 4.90 Å². The molecule has 0 amide bonds. The Morgan fingerprint density at radius 1 is 1.17 bits per heavy atom. The summed E-state index contributed by atoms with van der Waals surface area (Å²) in [6.07, 6.45) is 6.30. The van der Waals surface area contributed by atoms with Gasteiger partial charge in [-0.1, -0.05) is 43.2 Å². The zero-order valence-electron chi connectivity index (χ0n) is 10.8. The summed E-state index contributed by atoms with van der Waals surface area (Å²) < 4.78 is 0. The fourth-order valence-electron chi connectivity index (χ4n) is 3.27. The molecule has 0 saturated heterocycles. The van der Waals surface area contributed by atoms with E-state index in [-0.39, 0.29) is 0 Å². The lowest BCUT2D eigenvalue weighted by molar-refractivity contribution is 0.257. The fraction of sp³-hybridized carbons (Fsp3) is 0.533.